The summed E-state index contributed by atoms with van der Waals surface area (Å²) in [6.45, 7) is 9.24. The van der Waals surface area contributed by atoms with Crippen molar-refractivity contribution in [1.82, 2.24) is 9.80 Å². The molecule has 0 aliphatic carbocycles. The normalized spacial score (nSPS) is 23.8. The van der Waals surface area contributed by atoms with E-state index in [-0.39, 0.29) is 24.2 Å². The number of ether oxygens (including phenoxy) is 2. The number of morpholine rings is 1. The number of carbonyl (C=O) groups is 1. The van der Waals surface area contributed by atoms with E-state index in [0.717, 1.165) is 45.6 Å². The van der Waals surface area contributed by atoms with Gasteiger partial charge in [0.25, 0.3) is 0 Å². The maximum absolute atomic E-state index is 12.1. The summed E-state index contributed by atoms with van der Waals surface area (Å²) in [5.41, 5.74) is 1.23. The molecule has 2 heterocycles. The van der Waals surface area contributed by atoms with E-state index in [1.165, 1.54) is 5.56 Å². The molecule has 0 bridgehead atoms. The average Bonchev–Trinajstić information content (AvgIpc) is 2.60. The van der Waals surface area contributed by atoms with Crippen LogP contribution in [0.2, 0.25) is 0 Å². The topological polar surface area (TPSA) is 42.0 Å². The highest BCUT2D eigenvalue weighted by Gasteiger charge is 2.42. The average molecular weight is 346 g/mol. The molecule has 0 saturated carbocycles. The second kappa shape index (κ2) is 8.30. The largest absolute Gasteiger partial charge is 0.372 e. The minimum absolute atomic E-state index is 0.0988. The molecule has 5 nitrogen and oxygen atoms in total. The molecule has 1 atom stereocenters. The highest BCUT2D eigenvalue weighted by atomic mass is 16.5. The second-order valence-electron chi connectivity index (χ2n) is 7.28. The number of benzene rings is 1. The molecule has 0 aromatic heterocycles. The Kier molecular flexibility index (Phi) is 6.10. The molecule has 1 aromatic carbocycles. The van der Waals surface area contributed by atoms with Gasteiger partial charge in [-0.05, 0) is 32.3 Å². The minimum atomic E-state index is -0.116. The molecule has 2 saturated heterocycles. The highest BCUT2D eigenvalue weighted by molar-refractivity contribution is 5.77. The number of rotatable bonds is 5. The van der Waals surface area contributed by atoms with Gasteiger partial charge in [0, 0.05) is 39.3 Å². The molecule has 1 amide bonds. The Bertz CT molecular complexity index is 555. The molecule has 2 fully saturated rings. The second-order valence-corrected chi connectivity index (χ2v) is 7.28. The fraction of sp³-hybridized carbons (Fsp3) is 0.650. The van der Waals surface area contributed by atoms with E-state index in [4.69, 9.17) is 9.47 Å². The van der Waals surface area contributed by atoms with E-state index in [0.29, 0.717) is 6.61 Å². The van der Waals surface area contributed by atoms with Gasteiger partial charge in [-0.1, -0.05) is 30.3 Å². The Morgan fingerprint density at radius 1 is 1.28 bits per heavy atom. The van der Waals surface area contributed by atoms with Crippen molar-refractivity contribution in [3.63, 3.8) is 0 Å². The predicted octanol–water partition coefficient (Wildman–Crippen LogP) is 2.30. The van der Waals surface area contributed by atoms with Gasteiger partial charge in [-0.25, -0.2) is 0 Å². The number of amides is 1. The Morgan fingerprint density at radius 3 is 2.68 bits per heavy atom. The van der Waals surface area contributed by atoms with Gasteiger partial charge < -0.3 is 14.4 Å². The van der Waals surface area contributed by atoms with Crippen LogP contribution in [0.4, 0.5) is 0 Å². The summed E-state index contributed by atoms with van der Waals surface area (Å²) < 4.78 is 11.6. The summed E-state index contributed by atoms with van der Waals surface area (Å²) >= 11 is 0. The number of hydrogen-bond acceptors (Lipinski definition) is 4. The number of hydrogen-bond donors (Lipinski definition) is 0. The van der Waals surface area contributed by atoms with Crippen LogP contribution in [0.5, 0.6) is 0 Å². The van der Waals surface area contributed by atoms with Gasteiger partial charge in [-0.15, -0.1) is 0 Å². The molecule has 1 aromatic rings. The lowest BCUT2D eigenvalue weighted by molar-refractivity contribution is -0.175. The zero-order valence-electron chi connectivity index (χ0n) is 15.4. The Morgan fingerprint density at radius 2 is 2.00 bits per heavy atom. The lowest BCUT2D eigenvalue weighted by Crippen LogP contribution is -2.59. The van der Waals surface area contributed by atoms with E-state index in [1.807, 2.05) is 11.8 Å². The lowest BCUT2D eigenvalue weighted by Gasteiger charge is -2.49. The van der Waals surface area contributed by atoms with Crippen LogP contribution in [0.1, 0.15) is 32.3 Å². The quantitative estimate of drug-likeness (QED) is 0.820. The van der Waals surface area contributed by atoms with E-state index in [1.54, 1.807) is 0 Å². The molecule has 2 aliphatic heterocycles. The zero-order valence-corrected chi connectivity index (χ0v) is 15.4. The lowest BCUT2D eigenvalue weighted by atomic mass is 9.88. The SMILES string of the molecule is CCOCC(=O)N1CCC2(CC1)CN(Cc1ccccc1)CC(C)O2. The third kappa shape index (κ3) is 4.81. The third-order valence-corrected chi connectivity index (χ3v) is 5.18. The van der Waals surface area contributed by atoms with Gasteiger partial charge in [-0.3, -0.25) is 9.69 Å². The maximum Gasteiger partial charge on any atom is 0.248 e. The molecular weight excluding hydrogens is 316 g/mol. The van der Waals surface area contributed by atoms with Crippen molar-refractivity contribution in [3.8, 4) is 0 Å². The fourth-order valence-corrected chi connectivity index (χ4v) is 4.02. The molecule has 3 rings (SSSR count). The number of likely N-dealkylation sites (tertiary alicyclic amines) is 1. The van der Waals surface area contributed by atoms with Crippen LogP contribution in [0, 0.1) is 0 Å². The summed E-state index contributed by atoms with van der Waals surface area (Å²) in [7, 11) is 0. The monoisotopic (exact) mass is 346 g/mol. The van der Waals surface area contributed by atoms with E-state index in [9.17, 15) is 4.79 Å². The van der Waals surface area contributed by atoms with Crippen LogP contribution in [0.25, 0.3) is 0 Å². The Hall–Kier alpha value is -1.43. The predicted molar refractivity (Wildman–Crippen MR) is 97.3 cm³/mol. The van der Waals surface area contributed by atoms with Crippen LogP contribution in [-0.4, -0.2) is 66.8 Å². The van der Waals surface area contributed by atoms with Gasteiger partial charge in [-0.2, -0.15) is 0 Å². The molecule has 0 radical (unpaired) electrons. The third-order valence-electron chi connectivity index (χ3n) is 5.18. The van der Waals surface area contributed by atoms with Crippen molar-refractivity contribution in [2.75, 3.05) is 39.4 Å². The van der Waals surface area contributed by atoms with Crippen molar-refractivity contribution in [3.05, 3.63) is 35.9 Å². The molecule has 1 spiro atoms. The highest BCUT2D eigenvalue weighted by Crippen LogP contribution is 2.33. The van der Waals surface area contributed by atoms with E-state index < -0.39 is 0 Å². The van der Waals surface area contributed by atoms with Crippen molar-refractivity contribution < 1.29 is 14.3 Å². The molecule has 5 heteroatoms. The summed E-state index contributed by atoms with van der Waals surface area (Å²) in [6, 6.07) is 10.6. The molecule has 1 unspecified atom stereocenters. The van der Waals surface area contributed by atoms with Gasteiger partial charge in [0.1, 0.15) is 6.61 Å². The van der Waals surface area contributed by atoms with Gasteiger partial charge in [0.2, 0.25) is 5.91 Å². The summed E-state index contributed by atoms with van der Waals surface area (Å²) in [4.78, 5) is 16.6. The van der Waals surface area contributed by atoms with E-state index in [2.05, 4.69) is 42.2 Å². The molecular formula is C20H30N2O3. The number of carbonyl (C=O) groups excluding carboxylic acids is 1. The Labute approximate surface area is 150 Å². The number of piperidine rings is 1. The maximum atomic E-state index is 12.1. The van der Waals surface area contributed by atoms with Gasteiger partial charge >= 0.3 is 0 Å². The first-order chi connectivity index (χ1) is 12.1. The molecule has 2 aliphatic rings. The van der Waals surface area contributed by atoms with Gasteiger partial charge in [0.15, 0.2) is 0 Å². The molecule has 0 N–H and O–H groups in total. The minimum Gasteiger partial charge on any atom is -0.372 e. The van der Waals surface area contributed by atoms with Crippen molar-refractivity contribution in [1.29, 1.82) is 0 Å². The van der Waals surface area contributed by atoms with Crippen LogP contribution < -0.4 is 0 Å². The first-order valence-corrected chi connectivity index (χ1v) is 9.40. The summed E-state index contributed by atoms with van der Waals surface area (Å²) in [5, 5.41) is 0. The summed E-state index contributed by atoms with van der Waals surface area (Å²) in [5.74, 6) is 0.0988. The van der Waals surface area contributed by atoms with Crippen molar-refractivity contribution >= 4 is 5.91 Å². The Balaban J connectivity index is 1.57. The molecule has 25 heavy (non-hydrogen) atoms. The first-order valence-electron chi connectivity index (χ1n) is 9.40. The van der Waals surface area contributed by atoms with E-state index >= 15 is 0 Å². The van der Waals surface area contributed by atoms with Crippen molar-refractivity contribution in [2.45, 2.75) is 44.9 Å². The van der Waals surface area contributed by atoms with Crippen LogP contribution in [-0.2, 0) is 20.8 Å². The first kappa shape index (κ1) is 18.4. The number of nitrogens with zero attached hydrogens (tertiary/aromatic N) is 2. The smallest absolute Gasteiger partial charge is 0.248 e. The van der Waals surface area contributed by atoms with Gasteiger partial charge in [0.05, 0.1) is 11.7 Å². The zero-order chi connectivity index (χ0) is 17.7. The van der Waals surface area contributed by atoms with Crippen LogP contribution in [0.15, 0.2) is 30.3 Å². The fourth-order valence-electron chi connectivity index (χ4n) is 4.02. The van der Waals surface area contributed by atoms with Crippen molar-refractivity contribution in [2.24, 2.45) is 0 Å². The standard InChI is InChI=1S/C20H30N2O3/c1-3-24-15-19(23)22-11-9-20(10-12-22)16-21(13-17(2)25-20)14-18-7-5-4-6-8-18/h4-8,17H,3,9-16H2,1-2H3. The van der Waals surface area contributed by atoms with Crippen LogP contribution >= 0.6 is 0 Å². The molecule has 138 valence electrons. The summed E-state index contributed by atoms with van der Waals surface area (Å²) in [6.07, 6.45) is 2.03. The van der Waals surface area contributed by atoms with Crippen LogP contribution in [0.3, 0.4) is 0 Å².